The molecule has 2 aromatic rings. The molecule has 1 saturated carbocycles. The van der Waals surface area contributed by atoms with Gasteiger partial charge in [0, 0.05) is 38.1 Å². The van der Waals surface area contributed by atoms with E-state index in [1.54, 1.807) is 24.1 Å². The van der Waals surface area contributed by atoms with Gasteiger partial charge in [-0.25, -0.2) is 0 Å². The normalized spacial score (nSPS) is 19.7. The van der Waals surface area contributed by atoms with Crippen LogP contribution in [0.15, 0.2) is 61.7 Å². The standard InChI is InChI=1S/C35H45ClN2O5/c1-5-7-17-37(3)34(40)21-30(35(41)42-4)25-13-16-33-31(20-25)38(22-26-12-15-29(26)32(39)6-2)18-9-8-10-24-19-28(36)14-11-27(24)23-43-33/h5-6,11,13-14,16,19-20,26,29-30,32,39H,1-2,7-10,12,15,17-18,21-23H2,3-4H3/t26-,29+,30-,32?/m0/s1. The van der Waals surface area contributed by atoms with Crippen LogP contribution in [-0.2, 0) is 27.4 Å². The fourth-order valence-corrected chi connectivity index (χ4v) is 6.32. The third-order valence-electron chi connectivity index (χ3n) is 8.97. The van der Waals surface area contributed by atoms with Gasteiger partial charge in [-0.3, -0.25) is 9.59 Å². The Morgan fingerprint density at radius 1 is 1.19 bits per heavy atom. The largest absolute Gasteiger partial charge is 0.487 e. The Labute approximate surface area is 261 Å². The van der Waals surface area contributed by atoms with E-state index in [0.717, 1.165) is 61.5 Å². The highest BCUT2D eigenvalue weighted by atomic mass is 35.5. The minimum Gasteiger partial charge on any atom is -0.487 e. The van der Waals surface area contributed by atoms with Crippen LogP contribution in [0.5, 0.6) is 5.75 Å². The van der Waals surface area contributed by atoms with Gasteiger partial charge in [0.15, 0.2) is 0 Å². The van der Waals surface area contributed by atoms with Gasteiger partial charge < -0.3 is 24.4 Å². The lowest BCUT2D eigenvalue weighted by Gasteiger charge is -2.42. The maximum Gasteiger partial charge on any atom is 0.313 e. The van der Waals surface area contributed by atoms with E-state index in [0.29, 0.717) is 36.8 Å². The average molecular weight is 609 g/mol. The minimum atomic E-state index is -0.754. The second kappa shape index (κ2) is 15.4. The van der Waals surface area contributed by atoms with Gasteiger partial charge in [0.05, 0.1) is 24.8 Å². The van der Waals surface area contributed by atoms with Gasteiger partial charge in [-0.05, 0) is 91.3 Å². The van der Waals surface area contributed by atoms with Gasteiger partial charge in [0.25, 0.3) is 0 Å². The van der Waals surface area contributed by atoms with Crippen LogP contribution in [0.25, 0.3) is 0 Å². The second-order valence-corrected chi connectivity index (χ2v) is 12.2. The van der Waals surface area contributed by atoms with Crippen molar-refractivity contribution < 1.29 is 24.2 Å². The van der Waals surface area contributed by atoms with Crippen molar-refractivity contribution in [1.29, 1.82) is 0 Å². The van der Waals surface area contributed by atoms with Gasteiger partial charge in [-0.1, -0.05) is 35.9 Å². The predicted octanol–water partition coefficient (Wildman–Crippen LogP) is 6.32. The number of aliphatic hydroxyl groups excluding tert-OH is 1. The monoisotopic (exact) mass is 608 g/mol. The molecular weight excluding hydrogens is 564 g/mol. The number of carbonyl (C=O) groups is 2. The molecule has 1 unspecified atom stereocenters. The molecule has 1 amide bonds. The zero-order chi connectivity index (χ0) is 30.9. The molecule has 232 valence electrons. The first-order chi connectivity index (χ1) is 20.7. The number of fused-ring (bicyclic) bond motifs is 2. The molecule has 43 heavy (non-hydrogen) atoms. The van der Waals surface area contributed by atoms with E-state index in [1.807, 2.05) is 36.4 Å². The number of hydrogen-bond acceptors (Lipinski definition) is 6. The maximum atomic E-state index is 13.1. The highest BCUT2D eigenvalue weighted by Crippen LogP contribution is 2.41. The fourth-order valence-electron chi connectivity index (χ4n) is 6.12. The number of methoxy groups -OCH3 is 1. The van der Waals surface area contributed by atoms with E-state index >= 15 is 0 Å². The summed E-state index contributed by atoms with van der Waals surface area (Å²) in [5.74, 6) is -0.148. The first kappa shape index (κ1) is 32.6. The third kappa shape index (κ3) is 8.21. The summed E-state index contributed by atoms with van der Waals surface area (Å²) < 4.78 is 11.7. The zero-order valence-electron chi connectivity index (χ0n) is 25.5. The molecule has 4 rings (SSSR count). The highest BCUT2D eigenvalue weighted by molar-refractivity contribution is 6.30. The molecule has 1 aliphatic heterocycles. The van der Waals surface area contributed by atoms with Crippen molar-refractivity contribution in [3.05, 3.63) is 83.4 Å². The summed E-state index contributed by atoms with van der Waals surface area (Å²) in [5.41, 5.74) is 3.89. The molecule has 1 N–H and O–H groups in total. The Hall–Kier alpha value is -3.29. The van der Waals surface area contributed by atoms with Crippen LogP contribution in [0.3, 0.4) is 0 Å². The molecule has 0 bridgehead atoms. The van der Waals surface area contributed by atoms with Crippen LogP contribution in [0.4, 0.5) is 5.69 Å². The van der Waals surface area contributed by atoms with Crippen molar-refractivity contribution in [1.82, 2.24) is 4.90 Å². The number of nitrogens with zero attached hydrogens (tertiary/aromatic N) is 2. The van der Waals surface area contributed by atoms with E-state index in [-0.39, 0.29) is 18.2 Å². The van der Waals surface area contributed by atoms with Crippen molar-refractivity contribution in [3.63, 3.8) is 0 Å². The summed E-state index contributed by atoms with van der Waals surface area (Å²) in [6, 6.07) is 11.7. The van der Waals surface area contributed by atoms with E-state index in [9.17, 15) is 14.7 Å². The number of carbonyl (C=O) groups excluding carboxylic acids is 2. The van der Waals surface area contributed by atoms with Crippen LogP contribution in [0.2, 0.25) is 5.02 Å². The third-order valence-corrected chi connectivity index (χ3v) is 9.21. The van der Waals surface area contributed by atoms with Gasteiger partial charge in [0.1, 0.15) is 12.4 Å². The molecular formula is C35H45ClN2O5. The van der Waals surface area contributed by atoms with E-state index < -0.39 is 18.0 Å². The Kier molecular flexibility index (Phi) is 11.7. The van der Waals surface area contributed by atoms with Crippen molar-refractivity contribution in [2.45, 2.75) is 63.6 Å². The lowest BCUT2D eigenvalue weighted by Crippen LogP contribution is -2.43. The number of rotatable bonds is 11. The number of hydrogen-bond donors (Lipinski definition) is 1. The molecule has 8 heteroatoms. The van der Waals surface area contributed by atoms with E-state index in [2.05, 4.69) is 18.1 Å². The Bertz CT molecular complexity index is 1300. The summed E-state index contributed by atoms with van der Waals surface area (Å²) in [6.45, 7) is 10.0. The minimum absolute atomic E-state index is 0.00429. The molecule has 2 aromatic carbocycles. The molecule has 1 fully saturated rings. The molecule has 7 nitrogen and oxygen atoms in total. The quantitative estimate of drug-likeness (QED) is 0.238. The number of halogens is 1. The number of amides is 1. The lowest BCUT2D eigenvalue weighted by atomic mass is 9.70. The zero-order valence-corrected chi connectivity index (χ0v) is 26.2. The van der Waals surface area contributed by atoms with Crippen molar-refractivity contribution in [2.75, 3.05) is 38.7 Å². The smallest absolute Gasteiger partial charge is 0.313 e. The maximum absolute atomic E-state index is 13.1. The number of benzene rings is 2. The molecule has 0 saturated heterocycles. The molecule has 2 aliphatic rings. The van der Waals surface area contributed by atoms with Gasteiger partial charge in [0.2, 0.25) is 5.91 Å². The van der Waals surface area contributed by atoms with Crippen molar-refractivity contribution >= 4 is 29.2 Å². The fraction of sp³-hybridized carbons (Fsp3) is 0.486. The Morgan fingerprint density at radius 3 is 2.70 bits per heavy atom. The number of anilines is 1. The van der Waals surface area contributed by atoms with Gasteiger partial charge in [-0.2, -0.15) is 0 Å². The van der Waals surface area contributed by atoms with E-state index in [4.69, 9.17) is 21.1 Å². The van der Waals surface area contributed by atoms with Gasteiger partial charge in [-0.15, -0.1) is 13.2 Å². The van der Waals surface area contributed by atoms with Crippen LogP contribution >= 0.6 is 11.6 Å². The van der Waals surface area contributed by atoms with Crippen LogP contribution in [-0.4, -0.2) is 61.8 Å². The summed E-state index contributed by atoms with van der Waals surface area (Å²) >= 11 is 6.33. The SMILES string of the molecule is C=CCCN(C)C(=O)C[C@H](C(=O)OC)c1ccc2c(c1)N(C[C@@H]1CC[C@H]1C(O)C=C)CCCCc1cc(Cl)ccc1CO2. The first-order valence-electron chi connectivity index (χ1n) is 15.3. The van der Waals surface area contributed by atoms with Crippen LogP contribution < -0.4 is 9.64 Å². The molecule has 1 heterocycles. The number of ether oxygens (including phenoxy) is 2. The van der Waals surface area contributed by atoms with Crippen LogP contribution in [0, 0.1) is 11.8 Å². The highest BCUT2D eigenvalue weighted by Gasteiger charge is 2.37. The molecule has 0 radical (unpaired) electrons. The number of aliphatic hydroxyl groups is 1. The van der Waals surface area contributed by atoms with Crippen LogP contribution in [0.1, 0.15) is 61.1 Å². The lowest BCUT2D eigenvalue weighted by molar-refractivity contribution is -0.145. The average Bonchev–Trinajstić information content (AvgIpc) is 3.03. The Morgan fingerprint density at radius 2 is 2.00 bits per heavy atom. The second-order valence-electron chi connectivity index (χ2n) is 11.7. The summed E-state index contributed by atoms with van der Waals surface area (Å²) in [6.07, 6.45) is 8.39. The summed E-state index contributed by atoms with van der Waals surface area (Å²) in [5, 5.41) is 11.3. The molecule has 1 aliphatic carbocycles. The van der Waals surface area contributed by atoms with E-state index in [1.165, 1.54) is 12.7 Å². The summed E-state index contributed by atoms with van der Waals surface area (Å²) in [4.78, 5) is 30.1. The predicted molar refractivity (Wildman–Crippen MR) is 172 cm³/mol. The molecule has 4 atom stereocenters. The van der Waals surface area contributed by atoms with Gasteiger partial charge >= 0.3 is 5.97 Å². The first-order valence-corrected chi connectivity index (χ1v) is 15.7. The number of aryl methyl sites for hydroxylation is 1. The molecule has 0 spiro atoms. The molecule has 0 aromatic heterocycles. The van der Waals surface area contributed by atoms with Crippen molar-refractivity contribution in [2.24, 2.45) is 11.8 Å². The number of esters is 1. The Balaban J connectivity index is 1.70. The topological polar surface area (TPSA) is 79.3 Å². The van der Waals surface area contributed by atoms with Crippen molar-refractivity contribution in [3.8, 4) is 5.75 Å². The summed E-state index contributed by atoms with van der Waals surface area (Å²) in [7, 11) is 3.09.